The van der Waals surface area contributed by atoms with Crippen molar-refractivity contribution < 1.29 is 5.11 Å². The van der Waals surface area contributed by atoms with E-state index in [4.69, 9.17) is 0 Å². The van der Waals surface area contributed by atoms with Crippen molar-refractivity contribution in [2.24, 2.45) is 11.3 Å². The third-order valence-corrected chi connectivity index (χ3v) is 4.67. The smallest absolute Gasteiger partial charge is 0.0599 e. The molecule has 0 bridgehead atoms. The maximum Gasteiger partial charge on any atom is 0.0599 e. The van der Waals surface area contributed by atoms with E-state index in [1.807, 2.05) is 0 Å². The third-order valence-electron chi connectivity index (χ3n) is 4.67. The molecule has 0 saturated heterocycles. The summed E-state index contributed by atoms with van der Waals surface area (Å²) in [5.74, 6) is 0.685. The van der Waals surface area contributed by atoms with Crippen molar-refractivity contribution >= 4 is 0 Å². The lowest BCUT2D eigenvalue weighted by Gasteiger charge is -2.36. The van der Waals surface area contributed by atoms with Crippen LogP contribution in [0.25, 0.3) is 0 Å². The summed E-state index contributed by atoms with van der Waals surface area (Å²) >= 11 is 0. The summed E-state index contributed by atoms with van der Waals surface area (Å²) in [4.78, 5) is 0. The first-order valence-corrected chi connectivity index (χ1v) is 7.84. The van der Waals surface area contributed by atoms with E-state index in [1.54, 1.807) is 0 Å². The highest BCUT2D eigenvalue weighted by Crippen LogP contribution is 2.47. The van der Waals surface area contributed by atoms with E-state index in [2.05, 4.69) is 44.2 Å². The zero-order chi connectivity index (χ0) is 13.7. The fourth-order valence-electron chi connectivity index (χ4n) is 3.82. The number of rotatable bonds is 6. The van der Waals surface area contributed by atoms with Gasteiger partial charge in [0.15, 0.2) is 0 Å². The summed E-state index contributed by atoms with van der Waals surface area (Å²) in [5.41, 5.74) is 1.56. The first-order chi connectivity index (χ1) is 9.12. The van der Waals surface area contributed by atoms with Gasteiger partial charge >= 0.3 is 0 Å². The fourth-order valence-corrected chi connectivity index (χ4v) is 3.82. The van der Waals surface area contributed by atoms with E-state index in [1.165, 1.54) is 37.7 Å². The lowest BCUT2D eigenvalue weighted by Crippen LogP contribution is -2.34. The minimum Gasteiger partial charge on any atom is -0.393 e. The van der Waals surface area contributed by atoms with Gasteiger partial charge in [0.2, 0.25) is 0 Å². The van der Waals surface area contributed by atoms with Crippen LogP contribution in [-0.4, -0.2) is 11.2 Å². The van der Waals surface area contributed by atoms with Crippen molar-refractivity contribution in [1.29, 1.82) is 0 Å². The van der Waals surface area contributed by atoms with E-state index >= 15 is 0 Å². The van der Waals surface area contributed by atoms with E-state index < -0.39 is 0 Å². The second-order valence-corrected chi connectivity index (χ2v) is 6.71. The highest BCUT2D eigenvalue weighted by molar-refractivity contribution is 5.15. The van der Waals surface area contributed by atoms with Crippen LogP contribution in [0.2, 0.25) is 0 Å². The summed E-state index contributed by atoms with van der Waals surface area (Å²) in [5, 5.41) is 10.7. The topological polar surface area (TPSA) is 20.2 Å². The molecule has 0 aromatic heterocycles. The van der Waals surface area contributed by atoms with E-state index in [0.29, 0.717) is 5.92 Å². The predicted molar refractivity (Wildman–Crippen MR) is 81.1 cm³/mol. The average molecular weight is 260 g/mol. The van der Waals surface area contributed by atoms with E-state index in [9.17, 15) is 5.11 Å². The average Bonchev–Trinajstić information content (AvgIpc) is 2.86. The Balaban J connectivity index is 1.94. The lowest BCUT2D eigenvalue weighted by molar-refractivity contribution is 0.00734. The van der Waals surface area contributed by atoms with Gasteiger partial charge in [-0.05, 0) is 49.0 Å². The van der Waals surface area contributed by atoms with Gasteiger partial charge in [0.05, 0.1) is 6.10 Å². The summed E-state index contributed by atoms with van der Waals surface area (Å²) in [6, 6.07) is 10.5. The molecule has 0 spiro atoms. The van der Waals surface area contributed by atoms with Gasteiger partial charge in [-0.2, -0.15) is 0 Å². The van der Waals surface area contributed by atoms with Gasteiger partial charge < -0.3 is 5.11 Å². The SMILES string of the molecule is CC(C)CC1(C(O)CCc2ccccc2)CCCC1. The van der Waals surface area contributed by atoms with Gasteiger partial charge in [-0.15, -0.1) is 0 Å². The quantitative estimate of drug-likeness (QED) is 0.793. The molecule has 1 saturated carbocycles. The molecule has 19 heavy (non-hydrogen) atoms. The highest BCUT2D eigenvalue weighted by atomic mass is 16.3. The van der Waals surface area contributed by atoms with Crippen LogP contribution in [0.5, 0.6) is 0 Å². The Morgan fingerprint density at radius 1 is 1.11 bits per heavy atom. The van der Waals surface area contributed by atoms with E-state index in [-0.39, 0.29) is 11.5 Å². The first kappa shape index (κ1) is 14.6. The van der Waals surface area contributed by atoms with Crippen molar-refractivity contribution in [2.45, 2.75) is 64.9 Å². The van der Waals surface area contributed by atoms with Gasteiger partial charge in [0, 0.05) is 0 Å². The van der Waals surface area contributed by atoms with Crippen LogP contribution >= 0.6 is 0 Å². The van der Waals surface area contributed by atoms with Crippen molar-refractivity contribution in [3.05, 3.63) is 35.9 Å². The number of hydrogen-bond donors (Lipinski definition) is 1. The molecule has 2 rings (SSSR count). The second kappa shape index (κ2) is 6.56. The number of aryl methyl sites for hydroxylation is 1. The molecular weight excluding hydrogens is 232 g/mol. The number of aliphatic hydroxyl groups excluding tert-OH is 1. The molecule has 1 N–H and O–H groups in total. The van der Waals surface area contributed by atoms with Crippen LogP contribution in [0.15, 0.2) is 30.3 Å². The molecule has 1 aromatic rings. The maximum absolute atomic E-state index is 10.7. The molecule has 1 atom stereocenters. The predicted octanol–water partition coefficient (Wildman–Crippen LogP) is 4.59. The Morgan fingerprint density at radius 3 is 2.32 bits per heavy atom. The largest absolute Gasteiger partial charge is 0.393 e. The number of aliphatic hydroxyl groups is 1. The minimum absolute atomic E-state index is 0.127. The van der Waals surface area contributed by atoms with Gasteiger partial charge in [-0.3, -0.25) is 0 Å². The second-order valence-electron chi connectivity index (χ2n) is 6.71. The lowest BCUT2D eigenvalue weighted by atomic mass is 9.72. The summed E-state index contributed by atoms with van der Waals surface area (Å²) in [7, 11) is 0. The Hall–Kier alpha value is -0.820. The van der Waals surface area contributed by atoms with Crippen LogP contribution in [0.4, 0.5) is 0 Å². The molecule has 1 aliphatic carbocycles. The third kappa shape index (κ3) is 3.82. The summed E-state index contributed by atoms with van der Waals surface area (Å²) in [6.07, 6.45) is 8.02. The van der Waals surface area contributed by atoms with Gasteiger partial charge in [-0.1, -0.05) is 57.0 Å². The Morgan fingerprint density at radius 2 is 1.74 bits per heavy atom. The minimum atomic E-state index is -0.127. The molecule has 1 aromatic carbocycles. The highest BCUT2D eigenvalue weighted by Gasteiger charge is 2.40. The summed E-state index contributed by atoms with van der Waals surface area (Å²) < 4.78 is 0. The van der Waals surface area contributed by atoms with Crippen LogP contribution in [0.1, 0.15) is 57.9 Å². The molecule has 106 valence electrons. The molecule has 0 aliphatic heterocycles. The van der Waals surface area contributed by atoms with Crippen LogP contribution in [-0.2, 0) is 6.42 Å². The van der Waals surface area contributed by atoms with Crippen LogP contribution < -0.4 is 0 Å². The van der Waals surface area contributed by atoms with Gasteiger partial charge in [0.1, 0.15) is 0 Å². The number of benzene rings is 1. The number of hydrogen-bond acceptors (Lipinski definition) is 1. The Labute approximate surface area is 118 Å². The molecule has 1 unspecified atom stereocenters. The Kier molecular flexibility index (Phi) is 5.04. The van der Waals surface area contributed by atoms with Gasteiger partial charge in [0.25, 0.3) is 0 Å². The Bertz CT molecular complexity index is 363. The molecule has 1 fully saturated rings. The van der Waals surface area contributed by atoms with Crippen LogP contribution in [0, 0.1) is 11.3 Å². The van der Waals surface area contributed by atoms with Crippen molar-refractivity contribution in [1.82, 2.24) is 0 Å². The van der Waals surface area contributed by atoms with Crippen molar-refractivity contribution in [2.75, 3.05) is 0 Å². The molecule has 0 radical (unpaired) electrons. The normalized spacial score (nSPS) is 19.8. The standard InChI is InChI=1S/C18H28O/c1-15(2)14-18(12-6-7-13-18)17(19)11-10-16-8-4-3-5-9-16/h3-5,8-9,15,17,19H,6-7,10-14H2,1-2H3. The molecular formula is C18H28O. The van der Waals surface area contributed by atoms with Crippen molar-refractivity contribution in [3.8, 4) is 0 Å². The van der Waals surface area contributed by atoms with Gasteiger partial charge in [-0.25, -0.2) is 0 Å². The van der Waals surface area contributed by atoms with Crippen molar-refractivity contribution in [3.63, 3.8) is 0 Å². The zero-order valence-electron chi connectivity index (χ0n) is 12.4. The molecule has 0 amide bonds. The molecule has 1 aliphatic rings. The molecule has 1 nitrogen and oxygen atoms in total. The summed E-state index contributed by atoms with van der Waals surface area (Å²) in [6.45, 7) is 4.56. The van der Waals surface area contributed by atoms with E-state index in [0.717, 1.165) is 12.8 Å². The fraction of sp³-hybridized carbons (Fsp3) is 0.667. The zero-order valence-corrected chi connectivity index (χ0v) is 12.4. The molecule has 1 heteroatoms. The first-order valence-electron chi connectivity index (χ1n) is 7.84. The maximum atomic E-state index is 10.7. The van der Waals surface area contributed by atoms with Crippen LogP contribution in [0.3, 0.4) is 0 Å². The molecule has 0 heterocycles. The monoisotopic (exact) mass is 260 g/mol.